The quantitative estimate of drug-likeness (QED) is 0.825. The molecule has 0 bridgehead atoms. The highest BCUT2D eigenvalue weighted by atomic mass is 32.2. The van der Waals surface area contributed by atoms with E-state index < -0.39 is 32.8 Å². The van der Waals surface area contributed by atoms with E-state index in [1.54, 1.807) is 0 Å². The maximum Gasteiger partial charge on any atom is 0.573 e. The highest BCUT2D eigenvalue weighted by Gasteiger charge is 2.33. The Hall–Kier alpha value is -1.48. The van der Waals surface area contributed by atoms with E-state index in [0.717, 1.165) is 18.2 Å². The predicted octanol–water partition coefficient (Wildman–Crippen LogP) is 0.938. The first-order valence-electron chi connectivity index (χ1n) is 3.72. The number of phenolic OH excluding ortho intramolecular Hbond substituents is 1. The lowest BCUT2D eigenvalue weighted by Crippen LogP contribution is -2.18. The molecule has 1 aromatic carbocycles. The first kappa shape index (κ1) is 12.6. The molecule has 0 aromatic heterocycles. The summed E-state index contributed by atoms with van der Waals surface area (Å²) in [6.07, 6.45) is -5.03. The molecule has 0 saturated carbocycles. The van der Waals surface area contributed by atoms with Crippen LogP contribution in [0.15, 0.2) is 23.1 Å². The van der Waals surface area contributed by atoms with Crippen LogP contribution in [0.2, 0.25) is 0 Å². The second kappa shape index (κ2) is 3.83. The molecule has 0 fully saturated rings. The maximum absolute atomic E-state index is 11.8. The Bertz CT molecular complexity index is 497. The summed E-state index contributed by atoms with van der Waals surface area (Å²) in [6, 6.07) is 2.58. The Morgan fingerprint density at radius 2 is 1.88 bits per heavy atom. The summed E-state index contributed by atoms with van der Waals surface area (Å²) in [4.78, 5) is -0.839. The summed E-state index contributed by atoms with van der Waals surface area (Å²) >= 11 is 0. The monoisotopic (exact) mass is 257 g/mol. The van der Waals surface area contributed by atoms with E-state index in [0.29, 0.717) is 0 Å². The number of halogens is 3. The molecule has 0 atom stereocenters. The zero-order chi connectivity index (χ0) is 12.6. The fourth-order valence-corrected chi connectivity index (χ4v) is 1.58. The number of hydrogen-bond donors (Lipinski definition) is 2. The van der Waals surface area contributed by atoms with Gasteiger partial charge in [0.25, 0.3) is 0 Å². The van der Waals surface area contributed by atoms with Gasteiger partial charge in [0.15, 0.2) is 11.5 Å². The maximum atomic E-state index is 11.8. The molecule has 90 valence electrons. The SMILES string of the molecule is NS(=O)(=O)c1cccc(OC(F)(F)F)c1O. The zero-order valence-electron chi connectivity index (χ0n) is 7.52. The Balaban J connectivity index is 3.25. The van der Waals surface area contributed by atoms with Crippen LogP contribution in [0.25, 0.3) is 0 Å². The van der Waals surface area contributed by atoms with E-state index in [1.165, 1.54) is 0 Å². The van der Waals surface area contributed by atoms with E-state index in [4.69, 9.17) is 0 Å². The Morgan fingerprint density at radius 3 is 2.31 bits per heavy atom. The molecule has 0 saturated heterocycles. The lowest BCUT2D eigenvalue weighted by Gasteiger charge is -2.11. The number of para-hydroxylation sites is 1. The van der Waals surface area contributed by atoms with Gasteiger partial charge in [-0.15, -0.1) is 13.2 Å². The molecule has 1 aromatic rings. The molecular formula is C7H6F3NO4S. The van der Waals surface area contributed by atoms with E-state index >= 15 is 0 Å². The average Bonchev–Trinajstić information content (AvgIpc) is 2.04. The van der Waals surface area contributed by atoms with Crippen LogP contribution >= 0.6 is 0 Å². The second-order valence-corrected chi connectivity index (χ2v) is 4.23. The van der Waals surface area contributed by atoms with Crippen molar-refractivity contribution in [2.45, 2.75) is 11.3 Å². The largest absolute Gasteiger partial charge is 0.573 e. The summed E-state index contributed by atoms with van der Waals surface area (Å²) < 4.78 is 60.6. The third kappa shape index (κ3) is 3.00. The Morgan fingerprint density at radius 1 is 1.31 bits per heavy atom. The van der Waals surface area contributed by atoms with Gasteiger partial charge < -0.3 is 9.84 Å². The lowest BCUT2D eigenvalue weighted by atomic mass is 10.3. The summed E-state index contributed by atoms with van der Waals surface area (Å²) in [5.74, 6) is -2.21. The number of ether oxygens (including phenoxy) is 1. The van der Waals surface area contributed by atoms with E-state index in [9.17, 15) is 26.7 Å². The summed E-state index contributed by atoms with van der Waals surface area (Å²) in [5.41, 5.74) is 0. The van der Waals surface area contributed by atoms with Crippen molar-refractivity contribution in [1.29, 1.82) is 0 Å². The van der Waals surface area contributed by atoms with Gasteiger partial charge in [0, 0.05) is 0 Å². The number of primary sulfonamides is 1. The van der Waals surface area contributed by atoms with Crippen LogP contribution < -0.4 is 9.88 Å². The van der Waals surface area contributed by atoms with Gasteiger partial charge in [0.05, 0.1) is 0 Å². The molecule has 9 heteroatoms. The number of alkyl halides is 3. The van der Waals surface area contributed by atoms with Crippen LogP contribution in [0.3, 0.4) is 0 Å². The van der Waals surface area contributed by atoms with Gasteiger partial charge in [-0.05, 0) is 12.1 Å². The van der Waals surface area contributed by atoms with Crippen molar-refractivity contribution < 1.29 is 31.4 Å². The molecule has 16 heavy (non-hydrogen) atoms. The minimum atomic E-state index is -5.03. The van der Waals surface area contributed by atoms with Gasteiger partial charge in [0.2, 0.25) is 10.0 Å². The molecule has 0 heterocycles. The molecule has 0 aliphatic carbocycles. The van der Waals surface area contributed by atoms with Gasteiger partial charge in [-0.3, -0.25) is 0 Å². The Labute approximate surface area is 88.3 Å². The molecule has 3 N–H and O–H groups in total. The first-order valence-corrected chi connectivity index (χ1v) is 5.26. The zero-order valence-corrected chi connectivity index (χ0v) is 8.34. The molecule has 0 amide bonds. The predicted molar refractivity (Wildman–Crippen MR) is 46.2 cm³/mol. The summed E-state index contributed by atoms with van der Waals surface area (Å²) in [5, 5.41) is 13.9. The molecule has 0 radical (unpaired) electrons. The summed E-state index contributed by atoms with van der Waals surface area (Å²) in [6.45, 7) is 0. The fourth-order valence-electron chi connectivity index (χ4n) is 0.939. The molecule has 0 unspecified atom stereocenters. The minimum Gasteiger partial charge on any atom is -0.503 e. The fraction of sp³-hybridized carbons (Fsp3) is 0.143. The van der Waals surface area contributed by atoms with Crippen molar-refractivity contribution in [1.82, 2.24) is 0 Å². The topological polar surface area (TPSA) is 89.6 Å². The number of nitrogens with two attached hydrogens (primary N) is 1. The number of sulfonamides is 1. The Kier molecular flexibility index (Phi) is 3.01. The van der Waals surface area contributed by atoms with Crippen molar-refractivity contribution in [3.8, 4) is 11.5 Å². The van der Waals surface area contributed by atoms with Crippen LogP contribution in [0.5, 0.6) is 11.5 Å². The summed E-state index contributed by atoms with van der Waals surface area (Å²) in [7, 11) is -4.31. The lowest BCUT2D eigenvalue weighted by molar-refractivity contribution is -0.275. The first-order chi connectivity index (χ1) is 7.11. The van der Waals surface area contributed by atoms with Crippen LogP contribution in [-0.4, -0.2) is 19.9 Å². The second-order valence-electron chi connectivity index (χ2n) is 2.70. The van der Waals surface area contributed by atoms with Crippen LogP contribution in [0, 0.1) is 0 Å². The van der Waals surface area contributed by atoms with E-state index in [2.05, 4.69) is 9.88 Å². The van der Waals surface area contributed by atoms with Crippen LogP contribution in [-0.2, 0) is 10.0 Å². The van der Waals surface area contributed by atoms with Crippen molar-refractivity contribution in [3.05, 3.63) is 18.2 Å². The van der Waals surface area contributed by atoms with Crippen molar-refractivity contribution in [2.24, 2.45) is 5.14 Å². The molecule has 1 rings (SSSR count). The number of rotatable bonds is 2. The number of hydrogen-bond acceptors (Lipinski definition) is 4. The van der Waals surface area contributed by atoms with Gasteiger partial charge in [-0.25, -0.2) is 13.6 Å². The molecule has 0 aliphatic rings. The minimum absolute atomic E-state index is 0.761. The van der Waals surface area contributed by atoms with E-state index in [1.807, 2.05) is 0 Å². The molecule has 5 nitrogen and oxygen atoms in total. The molecule has 0 spiro atoms. The smallest absolute Gasteiger partial charge is 0.503 e. The highest BCUT2D eigenvalue weighted by Crippen LogP contribution is 2.35. The number of aromatic hydroxyl groups is 1. The third-order valence-corrected chi connectivity index (χ3v) is 2.44. The number of benzene rings is 1. The molecular weight excluding hydrogens is 251 g/mol. The molecule has 0 aliphatic heterocycles. The standard InChI is InChI=1S/C7H6F3NO4S/c8-7(9,10)15-4-2-1-3-5(6(4)12)16(11,13)14/h1-3,12H,(H2,11,13,14). The van der Waals surface area contributed by atoms with Crippen LogP contribution in [0.4, 0.5) is 13.2 Å². The van der Waals surface area contributed by atoms with Gasteiger partial charge >= 0.3 is 6.36 Å². The van der Waals surface area contributed by atoms with Gasteiger partial charge in [-0.1, -0.05) is 6.07 Å². The van der Waals surface area contributed by atoms with Gasteiger partial charge in [-0.2, -0.15) is 0 Å². The van der Waals surface area contributed by atoms with Crippen molar-refractivity contribution in [3.63, 3.8) is 0 Å². The normalized spacial score (nSPS) is 12.5. The number of phenols is 1. The van der Waals surface area contributed by atoms with Crippen molar-refractivity contribution in [2.75, 3.05) is 0 Å². The van der Waals surface area contributed by atoms with Crippen LogP contribution in [0.1, 0.15) is 0 Å². The average molecular weight is 257 g/mol. The van der Waals surface area contributed by atoms with Crippen molar-refractivity contribution >= 4 is 10.0 Å². The third-order valence-electron chi connectivity index (χ3n) is 1.49. The highest BCUT2D eigenvalue weighted by molar-refractivity contribution is 7.89. The van der Waals surface area contributed by atoms with E-state index in [-0.39, 0.29) is 0 Å². The van der Waals surface area contributed by atoms with Gasteiger partial charge in [0.1, 0.15) is 4.90 Å².